The summed E-state index contributed by atoms with van der Waals surface area (Å²) >= 11 is 1.72. The Balaban J connectivity index is 1.36. The molecular formula is C20H22N4O2S. The maximum absolute atomic E-state index is 12.5. The molecule has 0 unspecified atom stereocenters. The van der Waals surface area contributed by atoms with E-state index in [1.807, 2.05) is 29.2 Å². The van der Waals surface area contributed by atoms with Crippen LogP contribution in [0.4, 0.5) is 15.6 Å². The molecule has 2 amide bonds. The van der Waals surface area contributed by atoms with E-state index in [9.17, 15) is 4.79 Å². The summed E-state index contributed by atoms with van der Waals surface area (Å²) in [6.07, 6.45) is 0. The molecule has 1 fully saturated rings. The Morgan fingerprint density at radius 1 is 1.11 bits per heavy atom. The second-order valence-corrected chi connectivity index (χ2v) is 7.61. The summed E-state index contributed by atoms with van der Waals surface area (Å²) in [6.45, 7) is 5.02. The van der Waals surface area contributed by atoms with E-state index >= 15 is 0 Å². The van der Waals surface area contributed by atoms with Gasteiger partial charge in [-0.3, -0.25) is 0 Å². The number of aromatic nitrogens is 1. The SMILES string of the molecule is COc1ccc(NC(=O)N2CCN(c3nc4ccc(C)cc4s3)CC2)cc1. The fourth-order valence-electron chi connectivity index (χ4n) is 3.13. The molecule has 6 nitrogen and oxygen atoms in total. The zero-order chi connectivity index (χ0) is 18.8. The van der Waals surface area contributed by atoms with E-state index in [1.165, 1.54) is 10.3 Å². The Kier molecular flexibility index (Phi) is 4.85. The normalized spacial score (nSPS) is 14.4. The molecule has 3 aromatic rings. The van der Waals surface area contributed by atoms with Gasteiger partial charge in [-0.05, 0) is 48.9 Å². The van der Waals surface area contributed by atoms with Crippen LogP contribution in [0.2, 0.25) is 0 Å². The number of carbonyl (C=O) groups is 1. The first-order chi connectivity index (χ1) is 13.1. The van der Waals surface area contributed by atoms with Crippen molar-refractivity contribution in [3.63, 3.8) is 0 Å². The van der Waals surface area contributed by atoms with Crippen molar-refractivity contribution < 1.29 is 9.53 Å². The molecule has 0 radical (unpaired) electrons. The van der Waals surface area contributed by atoms with Crippen LogP contribution < -0.4 is 15.0 Å². The van der Waals surface area contributed by atoms with Gasteiger partial charge >= 0.3 is 6.03 Å². The van der Waals surface area contributed by atoms with Crippen molar-refractivity contribution in [2.75, 3.05) is 43.5 Å². The van der Waals surface area contributed by atoms with Crippen LogP contribution in [-0.2, 0) is 0 Å². The molecule has 140 valence electrons. The maximum atomic E-state index is 12.5. The first kappa shape index (κ1) is 17.6. The monoisotopic (exact) mass is 382 g/mol. The summed E-state index contributed by atoms with van der Waals surface area (Å²) in [5.41, 5.74) is 3.06. The van der Waals surface area contributed by atoms with Gasteiger partial charge in [0.15, 0.2) is 5.13 Å². The van der Waals surface area contributed by atoms with Crippen molar-refractivity contribution in [1.82, 2.24) is 9.88 Å². The number of hydrogen-bond acceptors (Lipinski definition) is 5. The Morgan fingerprint density at radius 3 is 2.56 bits per heavy atom. The van der Waals surface area contributed by atoms with Crippen LogP contribution in [0.3, 0.4) is 0 Å². The lowest BCUT2D eigenvalue weighted by Gasteiger charge is -2.34. The van der Waals surface area contributed by atoms with Crippen LogP contribution in [0.25, 0.3) is 10.2 Å². The molecule has 7 heteroatoms. The highest BCUT2D eigenvalue weighted by Crippen LogP contribution is 2.30. The molecule has 0 saturated carbocycles. The quantitative estimate of drug-likeness (QED) is 0.745. The third kappa shape index (κ3) is 3.83. The van der Waals surface area contributed by atoms with Crippen LogP contribution in [-0.4, -0.2) is 49.2 Å². The van der Waals surface area contributed by atoms with Crippen molar-refractivity contribution in [2.45, 2.75) is 6.92 Å². The van der Waals surface area contributed by atoms with Gasteiger partial charge in [-0.1, -0.05) is 17.4 Å². The van der Waals surface area contributed by atoms with E-state index in [4.69, 9.17) is 9.72 Å². The van der Waals surface area contributed by atoms with Crippen LogP contribution in [0, 0.1) is 6.92 Å². The lowest BCUT2D eigenvalue weighted by atomic mass is 10.2. The van der Waals surface area contributed by atoms with Crippen molar-refractivity contribution in [3.8, 4) is 5.75 Å². The molecule has 2 heterocycles. The molecule has 1 N–H and O–H groups in total. The highest BCUT2D eigenvalue weighted by molar-refractivity contribution is 7.22. The van der Waals surface area contributed by atoms with E-state index < -0.39 is 0 Å². The zero-order valence-corrected chi connectivity index (χ0v) is 16.3. The van der Waals surface area contributed by atoms with E-state index in [0.29, 0.717) is 13.1 Å². The van der Waals surface area contributed by atoms with E-state index in [1.54, 1.807) is 18.4 Å². The van der Waals surface area contributed by atoms with Crippen molar-refractivity contribution in [1.29, 1.82) is 0 Å². The third-order valence-corrected chi connectivity index (χ3v) is 5.79. The number of urea groups is 1. The molecule has 1 aromatic heterocycles. The standard InChI is InChI=1S/C20H22N4O2S/c1-14-3-8-17-18(13-14)27-20(22-17)24-11-9-23(10-12-24)19(25)21-15-4-6-16(26-2)7-5-15/h3-8,13H,9-12H2,1-2H3,(H,21,25). The number of benzene rings is 2. The topological polar surface area (TPSA) is 57.7 Å². The van der Waals surface area contributed by atoms with Gasteiger partial charge in [0.25, 0.3) is 0 Å². The predicted octanol–water partition coefficient (Wildman–Crippen LogP) is 3.97. The van der Waals surface area contributed by atoms with Crippen LogP contribution >= 0.6 is 11.3 Å². The summed E-state index contributed by atoms with van der Waals surface area (Å²) in [5.74, 6) is 0.771. The Hall–Kier alpha value is -2.80. The number of thiazole rings is 1. The van der Waals surface area contributed by atoms with Gasteiger partial charge in [0.2, 0.25) is 0 Å². The van der Waals surface area contributed by atoms with Crippen molar-refractivity contribution in [2.24, 2.45) is 0 Å². The second kappa shape index (κ2) is 7.44. The molecule has 2 aromatic carbocycles. The van der Waals surface area contributed by atoms with Gasteiger partial charge in [0.1, 0.15) is 5.75 Å². The minimum atomic E-state index is -0.0697. The molecule has 1 saturated heterocycles. The van der Waals surface area contributed by atoms with Crippen LogP contribution in [0.5, 0.6) is 5.75 Å². The minimum Gasteiger partial charge on any atom is -0.497 e. The Bertz CT molecular complexity index is 946. The van der Waals surface area contributed by atoms with Crippen molar-refractivity contribution in [3.05, 3.63) is 48.0 Å². The number of aryl methyl sites for hydroxylation is 1. The number of amides is 2. The third-order valence-electron chi connectivity index (χ3n) is 4.71. The Labute approximate surface area is 162 Å². The molecule has 0 bridgehead atoms. The number of fused-ring (bicyclic) bond motifs is 1. The number of piperazine rings is 1. The van der Waals surface area contributed by atoms with Gasteiger partial charge in [-0.15, -0.1) is 0 Å². The average Bonchev–Trinajstić information content (AvgIpc) is 3.12. The number of nitrogens with zero attached hydrogens (tertiary/aromatic N) is 3. The van der Waals surface area contributed by atoms with Gasteiger partial charge < -0.3 is 19.9 Å². The number of hydrogen-bond donors (Lipinski definition) is 1. The largest absolute Gasteiger partial charge is 0.497 e. The molecular weight excluding hydrogens is 360 g/mol. The molecule has 0 atom stereocenters. The van der Waals surface area contributed by atoms with E-state index in [0.717, 1.165) is 35.2 Å². The molecule has 0 aliphatic carbocycles. The lowest BCUT2D eigenvalue weighted by Crippen LogP contribution is -2.50. The fraction of sp³-hybridized carbons (Fsp3) is 0.300. The highest BCUT2D eigenvalue weighted by Gasteiger charge is 2.23. The molecule has 0 spiro atoms. The van der Waals surface area contributed by atoms with Crippen molar-refractivity contribution >= 4 is 38.4 Å². The van der Waals surface area contributed by atoms with Crippen LogP contribution in [0.15, 0.2) is 42.5 Å². The zero-order valence-electron chi connectivity index (χ0n) is 15.4. The summed E-state index contributed by atoms with van der Waals surface area (Å²) in [6, 6.07) is 13.6. The van der Waals surface area contributed by atoms with Gasteiger partial charge in [-0.2, -0.15) is 0 Å². The Morgan fingerprint density at radius 2 is 1.85 bits per heavy atom. The lowest BCUT2D eigenvalue weighted by molar-refractivity contribution is 0.208. The number of ether oxygens (including phenoxy) is 1. The number of anilines is 2. The summed E-state index contributed by atoms with van der Waals surface area (Å²) < 4.78 is 6.35. The fourth-order valence-corrected chi connectivity index (χ4v) is 4.25. The molecule has 1 aliphatic heterocycles. The van der Waals surface area contributed by atoms with Gasteiger partial charge in [-0.25, -0.2) is 9.78 Å². The molecule has 1 aliphatic rings. The molecule has 4 rings (SSSR count). The summed E-state index contributed by atoms with van der Waals surface area (Å²) in [7, 11) is 1.62. The first-order valence-electron chi connectivity index (χ1n) is 8.94. The highest BCUT2D eigenvalue weighted by atomic mass is 32.1. The summed E-state index contributed by atoms with van der Waals surface area (Å²) in [5, 5.41) is 3.98. The number of carbonyl (C=O) groups excluding carboxylic acids is 1. The molecule has 27 heavy (non-hydrogen) atoms. The van der Waals surface area contributed by atoms with Crippen LogP contribution in [0.1, 0.15) is 5.56 Å². The van der Waals surface area contributed by atoms with E-state index in [2.05, 4.69) is 35.3 Å². The smallest absolute Gasteiger partial charge is 0.321 e. The summed E-state index contributed by atoms with van der Waals surface area (Å²) in [4.78, 5) is 21.3. The number of methoxy groups -OCH3 is 1. The minimum absolute atomic E-state index is 0.0697. The maximum Gasteiger partial charge on any atom is 0.321 e. The second-order valence-electron chi connectivity index (χ2n) is 6.60. The number of rotatable bonds is 3. The predicted molar refractivity (Wildman–Crippen MR) is 110 cm³/mol. The van der Waals surface area contributed by atoms with E-state index in [-0.39, 0.29) is 6.03 Å². The number of nitrogens with one attached hydrogen (secondary N) is 1. The van der Waals surface area contributed by atoms with Gasteiger partial charge in [0, 0.05) is 31.9 Å². The first-order valence-corrected chi connectivity index (χ1v) is 9.76. The average molecular weight is 382 g/mol. The van der Waals surface area contributed by atoms with Gasteiger partial charge in [0.05, 0.1) is 17.3 Å².